The maximum absolute atomic E-state index is 13.0. The quantitative estimate of drug-likeness (QED) is 0.920. The maximum Gasteiger partial charge on any atom is 0.227 e. The Morgan fingerprint density at radius 3 is 2.00 bits per heavy atom. The number of amides is 1. The minimum Gasteiger partial charge on any atom is -0.334 e. The first-order chi connectivity index (χ1) is 11.3. The van der Waals surface area contributed by atoms with Crippen molar-refractivity contribution in [2.45, 2.75) is 25.9 Å². The third-order valence-corrected chi connectivity index (χ3v) is 4.39. The van der Waals surface area contributed by atoms with Gasteiger partial charge in [-0.1, -0.05) is 60.7 Å². The van der Waals surface area contributed by atoms with Crippen LogP contribution in [0.3, 0.4) is 0 Å². The van der Waals surface area contributed by atoms with Gasteiger partial charge in [-0.3, -0.25) is 4.79 Å². The lowest BCUT2D eigenvalue weighted by molar-refractivity contribution is -0.137. The molecule has 1 atom stereocenters. The highest BCUT2D eigenvalue weighted by Crippen LogP contribution is 2.18. The summed E-state index contributed by atoms with van der Waals surface area (Å²) in [6, 6.07) is 20.5. The van der Waals surface area contributed by atoms with Crippen LogP contribution < -0.4 is 5.32 Å². The first-order valence-electron chi connectivity index (χ1n) is 8.40. The smallest absolute Gasteiger partial charge is 0.227 e. The second kappa shape index (κ2) is 7.93. The van der Waals surface area contributed by atoms with Crippen LogP contribution in [0.15, 0.2) is 60.7 Å². The Morgan fingerprint density at radius 1 is 0.957 bits per heavy atom. The molecule has 0 radical (unpaired) electrons. The van der Waals surface area contributed by atoms with Gasteiger partial charge in [0.05, 0.1) is 5.92 Å². The Hall–Kier alpha value is -2.13. The monoisotopic (exact) mass is 308 g/mol. The number of nitrogens with zero attached hydrogens (tertiary/aromatic N) is 1. The molecule has 1 heterocycles. The number of rotatable bonds is 5. The summed E-state index contributed by atoms with van der Waals surface area (Å²) in [6.45, 7) is 3.18. The van der Waals surface area contributed by atoms with Crippen LogP contribution in [0.5, 0.6) is 0 Å². The van der Waals surface area contributed by atoms with Crippen LogP contribution in [-0.2, 0) is 17.9 Å². The first-order valence-corrected chi connectivity index (χ1v) is 8.40. The Morgan fingerprint density at radius 2 is 1.52 bits per heavy atom. The maximum atomic E-state index is 13.0. The van der Waals surface area contributed by atoms with E-state index in [0.717, 1.165) is 25.9 Å². The van der Waals surface area contributed by atoms with Gasteiger partial charge in [0.2, 0.25) is 5.91 Å². The number of nitrogens with one attached hydrogen (secondary N) is 1. The number of hydrogen-bond acceptors (Lipinski definition) is 2. The van der Waals surface area contributed by atoms with Gasteiger partial charge in [0.1, 0.15) is 0 Å². The predicted octanol–water partition coefficient (Wildman–Crippen LogP) is 3.22. The fourth-order valence-electron chi connectivity index (χ4n) is 3.14. The van der Waals surface area contributed by atoms with E-state index >= 15 is 0 Å². The Labute approximate surface area is 138 Å². The van der Waals surface area contributed by atoms with Gasteiger partial charge >= 0.3 is 0 Å². The molecule has 1 aliphatic heterocycles. The van der Waals surface area contributed by atoms with E-state index in [2.05, 4.69) is 29.6 Å². The van der Waals surface area contributed by atoms with Crippen molar-refractivity contribution in [2.75, 3.05) is 13.1 Å². The van der Waals surface area contributed by atoms with Crippen molar-refractivity contribution in [3.8, 4) is 0 Å². The zero-order valence-electron chi connectivity index (χ0n) is 13.4. The lowest BCUT2D eigenvalue weighted by atomic mass is 9.97. The molecule has 0 saturated carbocycles. The van der Waals surface area contributed by atoms with Crippen LogP contribution in [0, 0.1) is 5.92 Å². The van der Waals surface area contributed by atoms with Crippen molar-refractivity contribution in [1.82, 2.24) is 10.2 Å². The number of hydrogen-bond donors (Lipinski definition) is 1. The van der Waals surface area contributed by atoms with Gasteiger partial charge in [-0.25, -0.2) is 0 Å². The molecule has 1 aliphatic rings. The molecule has 1 amide bonds. The van der Waals surface area contributed by atoms with Crippen LogP contribution in [0.25, 0.3) is 0 Å². The fraction of sp³-hybridized carbons (Fsp3) is 0.350. The van der Waals surface area contributed by atoms with E-state index in [1.54, 1.807) is 0 Å². The highest BCUT2D eigenvalue weighted by atomic mass is 16.2. The molecule has 23 heavy (non-hydrogen) atoms. The molecule has 3 nitrogen and oxygen atoms in total. The lowest BCUT2D eigenvalue weighted by Gasteiger charge is -2.30. The van der Waals surface area contributed by atoms with E-state index < -0.39 is 0 Å². The topological polar surface area (TPSA) is 32.3 Å². The molecule has 1 N–H and O–H groups in total. The molecule has 0 aromatic heterocycles. The Balaban J connectivity index is 1.76. The molecular formula is C20H24N2O. The molecule has 0 spiro atoms. The molecule has 3 heteroatoms. The molecule has 0 unspecified atom stereocenters. The van der Waals surface area contributed by atoms with E-state index in [-0.39, 0.29) is 11.8 Å². The summed E-state index contributed by atoms with van der Waals surface area (Å²) in [5.74, 6) is 0.376. The molecule has 3 rings (SSSR count). The van der Waals surface area contributed by atoms with Gasteiger partial charge in [-0.05, 0) is 30.5 Å². The predicted molar refractivity (Wildman–Crippen MR) is 92.7 cm³/mol. The summed E-state index contributed by atoms with van der Waals surface area (Å²) in [4.78, 5) is 15.0. The van der Waals surface area contributed by atoms with Crippen LogP contribution in [0.4, 0.5) is 0 Å². The molecule has 0 bridgehead atoms. The normalized spacial score (nSPS) is 17.7. The zero-order valence-corrected chi connectivity index (χ0v) is 13.4. The van der Waals surface area contributed by atoms with E-state index in [0.29, 0.717) is 13.1 Å². The van der Waals surface area contributed by atoms with E-state index in [9.17, 15) is 4.79 Å². The molecule has 2 aromatic rings. The summed E-state index contributed by atoms with van der Waals surface area (Å²) < 4.78 is 0. The minimum absolute atomic E-state index is 0.108. The molecule has 0 aliphatic carbocycles. The highest BCUT2D eigenvalue weighted by molar-refractivity contribution is 5.79. The third-order valence-electron chi connectivity index (χ3n) is 4.39. The van der Waals surface area contributed by atoms with Gasteiger partial charge < -0.3 is 10.2 Å². The van der Waals surface area contributed by atoms with Crippen molar-refractivity contribution >= 4 is 5.91 Å². The molecule has 120 valence electrons. The summed E-state index contributed by atoms with van der Waals surface area (Å²) in [7, 11) is 0. The summed E-state index contributed by atoms with van der Waals surface area (Å²) >= 11 is 0. The van der Waals surface area contributed by atoms with Gasteiger partial charge in [0, 0.05) is 19.6 Å². The first kappa shape index (κ1) is 15.8. The number of carbonyl (C=O) groups is 1. The average Bonchev–Trinajstić information content (AvgIpc) is 2.63. The van der Waals surface area contributed by atoms with Crippen LogP contribution in [0.2, 0.25) is 0 Å². The second-order valence-corrected chi connectivity index (χ2v) is 6.21. The second-order valence-electron chi connectivity index (χ2n) is 6.21. The van der Waals surface area contributed by atoms with E-state index in [4.69, 9.17) is 0 Å². The van der Waals surface area contributed by atoms with Gasteiger partial charge in [0.25, 0.3) is 0 Å². The van der Waals surface area contributed by atoms with Crippen LogP contribution in [0.1, 0.15) is 24.0 Å². The molecule has 2 aromatic carbocycles. The summed E-state index contributed by atoms with van der Waals surface area (Å²) in [5.41, 5.74) is 2.36. The van der Waals surface area contributed by atoms with Gasteiger partial charge in [-0.15, -0.1) is 0 Å². The molecular weight excluding hydrogens is 284 g/mol. The summed E-state index contributed by atoms with van der Waals surface area (Å²) in [6.07, 6.45) is 2.08. The van der Waals surface area contributed by atoms with Gasteiger partial charge in [-0.2, -0.15) is 0 Å². The zero-order chi connectivity index (χ0) is 15.9. The summed E-state index contributed by atoms with van der Waals surface area (Å²) in [5, 5.41) is 3.35. The van der Waals surface area contributed by atoms with Crippen molar-refractivity contribution in [3.05, 3.63) is 71.8 Å². The van der Waals surface area contributed by atoms with Crippen molar-refractivity contribution < 1.29 is 4.79 Å². The van der Waals surface area contributed by atoms with Crippen LogP contribution >= 0.6 is 0 Å². The average molecular weight is 308 g/mol. The lowest BCUT2D eigenvalue weighted by Crippen LogP contribution is -2.42. The highest BCUT2D eigenvalue weighted by Gasteiger charge is 2.26. The Bertz CT molecular complexity index is 565. The number of carbonyl (C=O) groups excluding carboxylic acids is 1. The number of piperidine rings is 1. The Kier molecular flexibility index (Phi) is 5.43. The third kappa shape index (κ3) is 4.42. The van der Waals surface area contributed by atoms with Gasteiger partial charge in [0.15, 0.2) is 0 Å². The largest absolute Gasteiger partial charge is 0.334 e. The molecule has 1 saturated heterocycles. The SMILES string of the molecule is O=C([C@@H]1CCCNC1)N(Cc1ccccc1)Cc1ccccc1. The van der Waals surface area contributed by atoms with Crippen LogP contribution in [-0.4, -0.2) is 23.9 Å². The van der Waals surface area contributed by atoms with E-state index in [1.165, 1.54) is 11.1 Å². The van der Waals surface area contributed by atoms with Crippen molar-refractivity contribution in [3.63, 3.8) is 0 Å². The van der Waals surface area contributed by atoms with Crippen molar-refractivity contribution in [2.24, 2.45) is 5.92 Å². The minimum atomic E-state index is 0.108. The number of benzene rings is 2. The molecule has 1 fully saturated rings. The van der Waals surface area contributed by atoms with Crippen molar-refractivity contribution in [1.29, 1.82) is 0 Å². The van der Waals surface area contributed by atoms with E-state index in [1.807, 2.05) is 41.3 Å². The standard InChI is InChI=1S/C20H24N2O/c23-20(19-12-7-13-21-14-19)22(15-17-8-3-1-4-9-17)16-18-10-5-2-6-11-18/h1-6,8-11,19,21H,7,12-16H2/t19-/m1/s1. The fourth-order valence-corrected chi connectivity index (χ4v) is 3.14.